The second-order valence-corrected chi connectivity index (χ2v) is 13.3. The van der Waals surface area contributed by atoms with Gasteiger partial charge in [-0.25, -0.2) is 26.6 Å². The standard InChI is InChI=1S/C23H25N3O7S3/c1-3-33-22(28)16-4-9-19-20(14-16)34-23(24-19)25-21(27)15-10-12-26(13-11-15)36(31,32)18-7-5-17(6-8-18)35(2,29)30/h4-9,14-15H,3,10-13H2,1-2H3,(H,24,25,27). The lowest BCUT2D eigenvalue weighted by Crippen LogP contribution is -2.41. The van der Waals surface area contributed by atoms with E-state index in [0.29, 0.717) is 29.1 Å². The van der Waals surface area contributed by atoms with Crippen molar-refractivity contribution in [2.24, 2.45) is 5.92 Å². The van der Waals surface area contributed by atoms with Crippen LogP contribution in [0.15, 0.2) is 52.3 Å². The Kier molecular flexibility index (Phi) is 7.46. The fourth-order valence-electron chi connectivity index (χ4n) is 3.89. The van der Waals surface area contributed by atoms with Crippen molar-refractivity contribution in [3.63, 3.8) is 0 Å². The zero-order chi connectivity index (χ0) is 26.1. The number of ether oxygens (including phenoxy) is 1. The van der Waals surface area contributed by atoms with Gasteiger partial charge in [0.25, 0.3) is 0 Å². The number of carbonyl (C=O) groups excluding carboxylic acids is 2. The molecular weight excluding hydrogens is 526 g/mol. The molecule has 1 saturated heterocycles. The normalized spacial score (nSPS) is 15.6. The van der Waals surface area contributed by atoms with Crippen molar-refractivity contribution in [1.82, 2.24) is 9.29 Å². The van der Waals surface area contributed by atoms with E-state index >= 15 is 0 Å². The molecule has 0 bridgehead atoms. The zero-order valence-electron chi connectivity index (χ0n) is 19.6. The second-order valence-electron chi connectivity index (χ2n) is 8.33. The van der Waals surface area contributed by atoms with E-state index < -0.39 is 25.8 Å². The van der Waals surface area contributed by atoms with Crippen molar-refractivity contribution < 1.29 is 31.2 Å². The largest absolute Gasteiger partial charge is 0.462 e. The predicted octanol–water partition coefficient (Wildman–Crippen LogP) is 2.92. The van der Waals surface area contributed by atoms with Crippen molar-refractivity contribution >= 4 is 58.4 Å². The number of aromatic nitrogens is 1. The van der Waals surface area contributed by atoms with Crippen molar-refractivity contribution in [2.75, 3.05) is 31.3 Å². The van der Waals surface area contributed by atoms with Crippen LogP contribution < -0.4 is 5.32 Å². The minimum Gasteiger partial charge on any atom is -0.462 e. The molecule has 1 amide bonds. The van der Waals surface area contributed by atoms with Crippen LogP contribution in [0.4, 0.5) is 5.13 Å². The molecule has 1 N–H and O–H groups in total. The molecule has 4 rings (SSSR count). The number of anilines is 1. The van der Waals surface area contributed by atoms with Crippen molar-refractivity contribution in [1.29, 1.82) is 0 Å². The average Bonchev–Trinajstić information content (AvgIpc) is 3.25. The first-order valence-electron chi connectivity index (χ1n) is 11.2. The third-order valence-electron chi connectivity index (χ3n) is 5.84. The Hall–Kier alpha value is -2.87. The van der Waals surface area contributed by atoms with E-state index in [4.69, 9.17) is 4.74 Å². The molecule has 1 aliphatic heterocycles. The molecule has 0 unspecified atom stereocenters. The van der Waals surface area contributed by atoms with Gasteiger partial charge >= 0.3 is 5.97 Å². The van der Waals surface area contributed by atoms with Crippen molar-refractivity contribution in [3.8, 4) is 0 Å². The Bertz CT molecular complexity index is 1510. The average molecular weight is 552 g/mol. The Labute approximate surface area is 213 Å². The number of rotatable bonds is 7. The number of amides is 1. The van der Waals surface area contributed by atoms with Gasteiger partial charge < -0.3 is 10.1 Å². The molecule has 3 aromatic rings. The van der Waals surface area contributed by atoms with Crippen LogP contribution in [0.25, 0.3) is 10.2 Å². The number of nitrogens with one attached hydrogen (secondary N) is 1. The topological polar surface area (TPSA) is 140 Å². The van der Waals surface area contributed by atoms with Gasteiger partial charge in [-0.3, -0.25) is 4.79 Å². The first-order valence-corrected chi connectivity index (χ1v) is 15.3. The number of nitrogens with zero attached hydrogens (tertiary/aromatic N) is 2. The molecular formula is C23H25N3O7S3. The minimum absolute atomic E-state index is 0.00876. The van der Waals surface area contributed by atoms with Crippen molar-refractivity contribution in [3.05, 3.63) is 48.0 Å². The summed E-state index contributed by atoms with van der Waals surface area (Å²) in [5, 5.41) is 3.21. The number of esters is 1. The number of thiazole rings is 1. The second kappa shape index (κ2) is 10.2. The summed E-state index contributed by atoms with van der Waals surface area (Å²) in [6.45, 7) is 2.33. The quantitative estimate of drug-likeness (QED) is 0.442. The van der Waals surface area contributed by atoms with Crippen LogP contribution >= 0.6 is 11.3 Å². The van der Waals surface area contributed by atoms with Gasteiger partial charge in [0.2, 0.25) is 15.9 Å². The van der Waals surface area contributed by atoms with E-state index in [2.05, 4.69) is 10.3 Å². The van der Waals surface area contributed by atoms with E-state index in [-0.39, 0.29) is 41.3 Å². The highest BCUT2D eigenvalue weighted by atomic mass is 32.2. The molecule has 192 valence electrons. The molecule has 13 heteroatoms. The number of benzene rings is 2. The summed E-state index contributed by atoms with van der Waals surface area (Å²) in [6, 6.07) is 10.1. The van der Waals surface area contributed by atoms with Gasteiger partial charge in [0, 0.05) is 25.3 Å². The number of sulfonamides is 1. The molecule has 36 heavy (non-hydrogen) atoms. The number of hydrogen-bond donors (Lipinski definition) is 1. The third-order valence-corrected chi connectivity index (χ3v) is 9.82. The van der Waals surface area contributed by atoms with Crippen LogP contribution in [-0.4, -0.2) is 64.0 Å². The van der Waals surface area contributed by atoms with Gasteiger partial charge in [0.1, 0.15) is 0 Å². The molecule has 1 fully saturated rings. The molecule has 0 aliphatic carbocycles. The monoisotopic (exact) mass is 551 g/mol. The van der Waals surface area contributed by atoms with Crippen LogP contribution in [0.5, 0.6) is 0 Å². The number of piperidine rings is 1. The van der Waals surface area contributed by atoms with E-state index in [1.54, 1.807) is 25.1 Å². The van der Waals surface area contributed by atoms with Crippen molar-refractivity contribution in [2.45, 2.75) is 29.6 Å². The summed E-state index contributed by atoms with van der Waals surface area (Å²) in [4.78, 5) is 29.2. The SMILES string of the molecule is CCOC(=O)c1ccc2nc(NC(=O)C3CCN(S(=O)(=O)c4ccc(S(C)(=O)=O)cc4)CC3)sc2c1. The Morgan fingerprint density at radius 1 is 1.06 bits per heavy atom. The highest BCUT2D eigenvalue weighted by molar-refractivity contribution is 7.90. The highest BCUT2D eigenvalue weighted by Crippen LogP contribution is 2.29. The number of sulfone groups is 1. The van der Waals surface area contributed by atoms with E-state index in [1.807, 2.05) is 0 Å². The maximum atomic E-state index is 13.0. The van der Waals surface area contributed by atoms with Gasteiger partial charge in [0.05, 0.1) is 32.2 Å². The molecule has 2 aromatic carbocycles. The first-order chi connectivity index (χ1) is 17.0. The molecule has 1 aromatic heterocycles. The first kappa shape index (κ1) is 26.2. The minimum atomic E-state index is -3.81. The predicted molar refractivity (Wildman–Crippen MR) is 135 cm³/mol. The summed E-state index contributed by atoms with van der Waals surface area (Å²) in [5.74, 6) is -1.05. The van der Waals surface area contributed by atoms with Gasteiger partial charge in [-0.15, -0.1) is 0 Å². The molecule has 10 nitrogen and oxygen atoms in total. The Balaban J connectivity index is 1.38. The molecule has 0 radical (unpaired) electrons. The van der Waals surface area contributed by atoms with Crippen LogP contribution in [0.2, 0.25) is 0 Å². The Morgan fingerprint density at radius 3 is 2.31 bits per heavy atom. The fourth-order valence-corrected chi connectivity index (χ4v) is 6.90. The summed E-state index contributed by atoms with van der Waals surface area (Å²) in [7, 11) is -7.23. The van der Waals surface area contributed by atoms with E-state index in [1.165, 1.54) is 39.9 Å². The maximum Gasteiger partial charge on any atom is 0.338 e. The summed E-state index contributed by atoms with van der Waals surface area (Å²) >= 11 is 1.24. The molecule has 0 atom stereocenters. The summed E-state index contributed by atoms with van der Waals surface area (Å²) < 4.78 is 56.2. The van der Waals surface area contributed by atoms with E-state index in [0.717, 1.165) is 11.0 Å². The Morgan fingerprint density at radius 2 is 1.69 bits per heavy atom. The zero-order valence-corrected chi connectivity index (χ0v) is 22.1. The summed E-state index contributed by atoms with van der Waals surface area (Å²) in [6.07, 6.45) is 1.73. The van der Waals surface area contributed by atoms with Crippen LogP contribution in [0, 0.1) is 5.92 Å². The highest BCUT2D eigenvalue weighted by Gasteiger charge is 2.32. The summed E-state index contributed by atoms with van der Waals surface area (Å²) in [5.41, 5.74) is 1.05. The van der Waals surface area contributed by atoms with Crippen LogP contribution in [0.1, 0.15) is 30.1 Å². The maximum absolute atomic E-state index is 13.0. The molecule has 2 heterocycles. The number of carbonyl (C=O) groups is 2. The smallest absolute Gasteiger partial charge is 0.338 e. The van der Waals surface area contributed by atoms with Gasteiger partial charge in [-0.1, -0.05) is 11.3 Å². The molecule has 0 spiro atoms. The lowest BCUT2D eigenvalue weighted by atomic mass is 9.97. The molecule has 1 aliphatic rings. The van der Waals surface area contributed by atoms with Crippen LogP contribution in [-0.2, 0) is 29.4 Å². The number of hydrogen-bond acceptors (Lipinski definition) is 9. The van der Waals surface area contributed by atoms with Gasteiger partial charge in [-0.2, -0.15) is 4.31 Å². The van der Waals surface area contributed by atoms with Gasteiger partial charge in [0.15, 0.2) is 15.0 Å². The fraction of sp³-hybridized carbons (Fsp3) is 0.348. The third kappa shape index (κ3) is 5.59. The van der Waals surface area contributed by atoms with E-state index in [9.17, 15) is 26.4 Å². The molecule has 0 saturated carbocycles. The van der Waals surface area contributed by atoms with Gasteiger partial charge in [-0.05, 0) is 62.2 Å². The van der Waals surface area contributed by atoms with Crippen LogP contribution in [0.3, 0.4) is 0 Å². The number of fused-ring (bicyclic) bond motifs is 1. The lowest BCUT2D eigenvalue weighted by molar-refractivity contribution is -0.120. The lowest BCUT2D eigenvalue weighted by Gasteiger charge is -2.30.